The van der Waals surface area contributed by atoms with Crippen LogP contribution in [-0.4, -0.2) is 44.2 Å². The van der Waals surface area contributed by atoms with Gasteiger partial charge >= 0.3 is 0 Å². The summed E-state index contributed by atoms with van der Waals surface area (Å²) in [6.07, 6.45) is 0.368. The Morgan fingerprint density at radius 2 is 1.89 bits per heavy atom. The van der Waals surface area contributed by atoms with Gasteiger partial charge in [-0.05, 0) is 52.2 Å². The van der Waals surface area contributed by atoms with Crippen molar-refractivity contribution >= 4 is 5.69 Å². The van der Waals surface area contributed by atoms with Gasteiger partial charge in [0.05, 0.1) is 6.10 Å². The van der Waals surface area contributed by atoms with E-state index in [1.54, 1.807) is 13.0 Å². The van der Waals surface area contributed by atoms with Crippen LogP contribution in [0.1, 0.15) is 25.0 Å². The van der Waals surface area contributed by atoms with Crippen molar-refractivity contribution < 1.29 is 9.50 Å². The molecule has 0 aliphatic rings. The number of aliphatic hydroxyl groups is 1. The number of rotatable bonds is 6. The molecule has 0 aromatic heterocycles. The molecule has 102 valence electrons. The molecule has 0 bridgehead atoms. The molecule has 18 heavy (non-hydrogen) atoms. The summed E-state index contributed by atoms with van der Waals surface area (Å²) in [6.45, 7) is 3.55. The SMILES string of the molecule is CC(O)c1cc(F)ccc1N(C)CCCN(C)C. The molecule has 0 aliphatic heterocycles. The van der Waals surface area contributed by atoms with Crippen molar-refractivity contribution in [2.75, 3.05) is 39.1 Å². The van der Waals surface area contributed by atoms with Gasteiger partial charge in [-0.3, -0.25) is 0 Å². The Hall–Kier alpha value is -1.13. The highest BCUT2D eigenvalue weighted by molar-refractivity contribution is 5.54. The summed E-state index contributed by atoms with van der Waals surface area (Å²) in [5.41, 5.74) is 1.53. The first-order valence-corrected chi connectivity index (χ1v) is 6.25. The van der Waals surface area contributed by atoms with Crippen LogP contribution in [0.3, 0.4) is 0 Å². The maximum atomic E-state index is 13.2. The molecule has 0 spiro atoms. The Morgan fingerprint density at radius 3 is 2.44 bits per heavy atom. The van der Waals surface area contributed by atoms with E-state index in [-0.39, 0.29) is 5.82 Å². The third-order valence-corrected chi connectivity index (χ3v) is 2.95. The van der Waals surface area contributed by atoms with E-state index < -0.39 is 6.10 Å². The van der Waals surface area contributed by atoms with E-state index >= 15 is 0 Å². The lowest BCUT2D eigenvalue weighted by atomic mass is 10.1. The summed E-state index contributed by atoms with van der Waals surface area (Å²) in [5, 5.41) is 9.69. The molecule has 0 fully saturated rings. The molecule has 0 amide bonds. The Balaban J connectivity index is 2.75. The minimum atomic E-state index is -0.660. The highest BCUT2D eigenvalue weighted by Gasteiger charge is 2.12. The minimum absolute atomic E-state index is 0.309. The fraction of sp³-hybridized carbons (Fsp3) is 0.571. The van der Waals surface area contributed by atoms with Gasteiger partial charge in [-0.15, -0.1) is 0 Å². The third kappa shape index (κ3) is 4.27. The molecule has 1 rings (SSSR count). The number of aliphatic hydroxyl groups excluding tert-OH is 1. The molecule has 1 unspecified atom stereocenters. The number of hydrogen-bond acceptors (Lipinski definition) is 3. The van der Waals surface area contributed by atoms with Crippen molar-refractivity contribution in [3.05, 3.63) is 29.6 Å². The van der Waals surface area contributed by atoms with Crippen LogP contribution >= 0.6 is 0 Å². The maximum absolute atomic E-state index is 13.2. The molecule has 0 aliphatic carbocycles. The second-order valence-corrected chi connectivity index (χ2v) is 4.96. The van der Waals surface area contributed by atoms with Crippen molar-refractivity contribution in [1.29, 1.82) is 0 Å². The van der Waals surface area contributed by atoms with Crippen LogP contribution in [0, 0.1) is 5.82 Å². The molecule has 0 radical (unpaired) electrons. The van der Waals surface area contributed by atoms with Gasteiger partial charge in [-0.1, -0.05) is 0 Å². The smallest absolute Gasteiger partial charge is 0.123 e. The predicted molar refractivity (Wildman–Crippen MR) is 73.5 cm³/mol. The van der Waals surface area contributed by atoms with E-state index in [9.17, 15) is 9.50 Å². The molecule has 4 heteroatoms. The van der Waals surface area contributed by atoms with E-state index in [1.807, 2.05) is 21.1 Å². The highest BCUT2D eigenvalue weighted by Crippen LogP contribution is 2.26. The zero-order valence-corrected chi connectivity index (χ0v) is 11.7. The maximum Gasteiger partial charge on any atom is 0.123 e. The molecule has 1 aromatic rings. The molecule has 1 aromatic carbocycles. The lowest BCUT2D eigenvalue weighted by Gasteiger charge is -2.24. The zero-order valence-electron chi connectivity index (χ0n) is 11.7. The van der Waals surface area contributed by atoms with Gasteiger partial charge in [-0.25, -0.2) is 4.39 Å². The van der Waals surface area contributed by atoms with Crippen molar-refractivity contribution in [3.63, 3.8) is 0 Å². The normalized spacial score (nSPS) is 12.8. The average molecular weight is 254 g/mol. The summed E-state index contributed by atoms with van der Waals surface area (Å²) in [7, 11) is 6.05. The van der Waals surface area contributed by atoms with E-state index in [1.165, 1.54) is 12.1 Å². The van der Waals surface area contributed by atoms with E-state index in [0.29, 0.717) is 5.56 Å². The minimum Gasteiger partial charge on any atom is -0.389 e. The summed E-state index contributed by atoms with van der Waals surface area (Å²) < 4.78 is 13.2. The fourth-order valence-corrected chi connectivity index (χ4v) is 1.95. The van der Waals surface area contributed by atoms with Crippen LogP contribution in [0.5, 0.6) is 0 Å². The number of benzene rings is 1. The Labute approximate surface area is 109 Å². The van der Waals surface area contributed by atoms with Crippen molar-refractivity contribution in [2.24, 2.45) is 0 Å². The lowest BCUT2D eigenvalue weighted by Crippen LogP contribution is -2.24. The number of nitrogens with zero attached hydrogens (tertiary/aromatic N) is 2. The van der Waals surface area contributed by atoms with Crippen LogP contribution in [0.25, 0.3) is 0 Å². The zero-order chi connectivity index (χ0) is 13.7. The third-order valence-electron chi connectivity index (χ3n) is 2.95. The number of anilines is 1. The van der Waals surface area contributed by atoms with Gasteiger partial charge in [0.2, 0.25) is 0 Å². The van der Waals surface area contributed by atoms with Gasteiger partial charge < -0.3 is 14.9 Å². The standard InChI is InChI=1S/C14H23FN2O/c1-11(18)13-10-12(15)6-7-14(13)17(4)9-5-8-16(2)3/h6-7,10-11,18H,5,8-9H2,1-4H3. The molecule has 0 saturated heterocycles. The molecular weight excluding hydrogens is 231 g/mol. The fourth-order valence-electron chi connectivity index (χ4n) is 1.95. The van der Waals surface area contributed by atoms with Gasteiger partial charge in [0.25, 0.3) is 0 Å². The first kappa shape index (κ1) is 14.9. The van der Waals surface area contributed by atoms with Crippen molar-refractivity contribution in [2.45, 2.75) is 19.4 Å². The van der Waals surface area contributed by atoms with Crippen molar-refractivity contribution in [1.82, 2.24) is 4.90 Å². The molecular formula is C14H23FN2O. The van der Waals surface area contributed by atoms with E-state index in [4.69, 9.17) is 0 Å². The summed E-state index contributed by atoms with van der Waals surface area (Å²) >= 11 is 0. The molecule has 1 atom stereocenters. The summed E-state index contributed by atoms with van der Waals surface area (Å²) in [6, 6.07) is 4.57. The van der Waals surface area contributed by atoms with E-state index in [2.05, 4.69) is 9.80 Å². The molecule has 0 saturated carbocycles. The Morgan fingerprint density at radius 1 is 1.22 bits per heavy atom. The first-order valence-electron chi connectivity index (χ1n) is 6.25. The molecule has 1 N–H and O–H groups in total. The van der Waals surface area contributed by atoms with Gasteiger partial charge in [0, 0.05) is 24.8 Å². The monoisotopic (exact) mass is 254 g/mol. The van der Waals surface area contributed by atoms with Crippen molar-refractivity contribution in [3.8, 4) is 0 Å². The summed E-state index contributed by atoms with van der Waals surface area (Å²) in [5.74, 6) is -0.309. The lowest BCUT2D eigenvalue weighted by molar-refractivity contribution is 0.199. The largest absolute Gasteiger partial charge is 0.389 e. The molecule has 3 nitrogen and oxygen atoms in total. The van der Waals surface area contributed by atoms with Gasteiger partial charge in [0.15, 0.2) is 0 Å². The van der Waals surface area contributed by atoms with Gasteiger partial charge in [0.1, 0.15) is 5.82 Å². The Bertz CT molecular complexity index is 380. The van der Waals surface area contributed by atoms with Crippen LogP contribution in [-0.2, 0) is 0 Å². The average Bonchev–Trinajstić information content (AvgIpc) is 2.28. The van der Waals surface area contributed by atoms with Crippen LogP contribution in [0.2, 0.25) is 0 Å². The topological polar surface area (TPSA) is 26.7 Å². The van der Waals surface area contributed by atoms with Crippen LogP contribution < -0.4 is 4.90 Å². The highest BCUT2D eigenvalue weighted by atomic mass is 19.1. The number of halogens is 1. The van der Waals surface area contributed by atoms with Crippen LogP contribution in [0.15, 0.2) is 18.2 Å². The molecule has 0 heterocycles. The number of hydrogen-bond donors (Lipinski definition) is 1. The second kappa shape index (κ2) is 6.71. The van der Waals surface area contributed by atoms with E-state index in [0.717, 1.165) is 25.2 Å². The quantitative estimate of drug-likeness (QED) is 0.843. The second-order valence-electron chi connectivity index (χ2n) is 4.96. The Kier molecular flexibility index (Phi) is 5.56. The summed E-state index contributed by atoms with van der Waals surface area (Å²) in [4.78, 5) is 4.19. The first-order chi connectivity index (χ1) is 8.41. The van der Waals surface area contributed by atoms with Gasteiger partial charge in [-0.2, -0.15) is 0 Å². The van der Waals surface area contributed by atoms with Crippen LogP contribution in [0.4, 0.5) is 10.1 Å². The predicted octanol–water partition coefficient (Wildman–Crippen LogP) is 2.27.